The lowest BCUT2D eigenvalue weighted by Gasteiger charge is -2.22. The van der Waals surface area contributed by atoms with E-state index in [0.29, 0.717) is 11.3 Å². The summed E-state index contributed by atoms with van der Waals surface area (Å²) in [5.74, 6) is -0.870. The number of urea groups is 1. The maximum atomic E-state index is 12.9. The third-order valence-electron chi connectivity index (χ3n) is 5.38. The minimum absolute atomic E-state index is 0.0950. The fourth-order valence-corrected chi connectivity index (χ4v) is 3.41. The Labute approximate surface area is 198 Å². The Morgan fingerprint density at radius 3 is 2.49 bits per heavy atom. The van der Waals surface area contributed by atoms with Gasteiger partial charge in [-0.3, -0.25) is 14.5 Å². The molecule has 1 aliphatic rings. The summed E-state index contributed by atoms with van der Waals surface area (Å²) in [5.41, 5.74) is -1.77. The zero-order valence-electron chi connectivity index (χ0n) is 18.9. The fourth-order valence-electron chi connectivity index (χ4n) is 3.41. The first-order chi connectivity index (χ1) is 16.4. The van der Waals surface area contributed by atoms with Gasteiger partial charge in [0.1, 0.15) is 36.3 Å². The number of imide groups is 1. The number of hydrogen-bond acceptors (Lipinski definition) is 6. The van der Waals surface area contributed by atoms with E-state index in [2.05, 4.69) is 10.6 Å². The summed E-state index contributed by atoms with van der Waals surface area (Å²) in [7, 11) is 1.49. The number of aliphatic hydroxyl groups excluding tert-OH is 1. The molecule has 1 heterocycles. The molecule has 1 saturated heterocycles. The molecule has 2 atom stereocenters. The first-order valence-corrected chi connectivity index (χ1v) is 10.5. The molecule has 0 saturated carbocycles. The molecule has 0 aromatic heterocycles. The third kappa shape index (κ3) is 6.01. The largest absolute Gasteiger partial charge is 0.497 e. The molecule has 3 rings (SSSR count). The van der Waals surface area contributed by atoms with Crippen molar-refractivity contribution in [3.63, 3.8) is 0 Å². The molecule has 3 N–H and O–H groups in total. The summed E-state index contributed by atoms with van der Waals surface area (Å²) in [6, 6.07) is 9.93. The van der Waals surface area contributed by atoms with E-state index in [1.165, 1.54) is 26.2 Å². The number of rotatable bonds is 9. The number of nitrogens with one attached hydrogen (secondary N) is 2. The maximum absolute atomic E-state index is 12.9. The SMILES string of the molecule is COc1ccc(C2(C)NC(=O)N(CC(=O)NCC(O)COc3cccc(C(F)(F)F)c3)C2=O)cc1. The van der Waals surface area contributed by atoms with E-state index in [-0.39, 0.29) is 18.9 Å². The first kappa shape index (κ1) is 25.8. The normalized spacial score (nSPS) is 18.7. The third-order valence-corrected chi connectivity index (χ3v) is 5.38. The molecule has 0 bridgehead atoms. The van der Waals surface area contributed by atoms with Crippen molar-refractivity contribution >= 4 is 17.8 Å². The number of ether oxygens (including phenoxy) is 2. The number of methoxy groups -OCH3 is 1. The lowest BCUT2D eigenvalue weighted by Crippen LogP contribution is -2.45. The second-order valence-corrected chi connectivity index (χ2v) is 7.97. The summed E-state index contributed by atoms with van der Waals surface area (Å²) in [6.45, 7) is 0.233. The molecule has 188 valence electrons. The molecule has 9 nitrogen and oxygen atoms in total. The van der Waals surface area contributed by atoms with Gasteiger partial charge >= 0.3 is 12.2 Å². The average molecular weight is 495 g/mol. The van der Waals surface area contributed by atoms with E-state index in [9.17, 15) is 32.7 Å². The van der Waals surface area contributed by atoms with Crippen LogP contribution >= 0.6 is 0 Å². The Morgan fingerprint density at radius 1 is 1.17 bits per heavy atom. The van der Waals surface area contributed by atoms with Crippen molar-refractivity contribution in [3.05, 3.63) is 59.7 Å². The average Bonchev–Trinajstić information content (AvgIpc) is 3.04. The molecule has 12 heteroatoms. The van der Waals surface area contributed by atoms with Gasteiger partial charge in [0.25, 0.3) is 5.91 Å². The number of alkyl halides is 3. The summed E-state index contributed by atoms with van der Waals surface area (Å²) >= 11 is 0. The molecule has 0 spiro atoms. The molecule has 2 aromatic carbocycles. The Balaban J connectivity index is 1.51. The number of nitrogens with zero attached hydrogens (tertiary/aromatic N) is 1. The van der Waals surface area contributed by atoms with Crippen LogP contribution in [-0.2, 0) is 21.3 Å². The molecule has 0 aliphatic carbocycles. The predicted octanol–water partition coefficient (Wildman–Crippen LogP) is 2.04. The van der Waals surface area contributed by atoms with Gasteiger partial charge < -0.3 is 25.2 Å². The van der Waals surface area contributed by atoms with Crippen molar-refractivity contribution in [2.75, 3.05) is 26.8 Å². The second-order valence-electron chi connectivity index (χ2n) is 7.97. The van der Waals surface area contributed by atoms with Crippen LogP contribution in [0.4, 0.5) is 18.0 Å². The Morgan fingerprint density at radius 2 is 1.86 bits per heavy atom. The van der Waals surface area contributed by atoms with Crippen molar-refractivity contribution in [1.29, 1.82) is 0 Å². The van der Waals surface area contributed by atoms with Crippen molar-refractivity contribution in [2.24, 2.45) is 0 Å². The standard InChI is InChI=1S/C23H24F3N3O6/c1-22(14-6-8-17(34-2)9-7-14)20(32)29(21(33)28-22)12-19(31)27-11-16(30)13-35-18-5-3-4-15(10-18)23(24,25)26/h3-10,16,30H,11-13H2,1-2H3,(H,27,31)(H,28,33). The van der Waals surface area contributed by atoms with E-state index in [1.54, 1.807) is 24.3 Å². The lowest BCUT2D eigenvalue weighted by molar-refractivity contribution is -0.137. The van der Waals surface area contributed by atoms with Crippen LogP contribution in [0.3, 0.4) is 0 Å². The number of halogens is 3. The van der Waals surface area contributed by atoms with Crippen LogP contribution in [0.2, 0.25) is 0 Å². The summed E-state index contributed by atoms with van der Waals surface area (Å²) in [4.78, 5) is 38.3. The number of benzene rings is 2. The zero-order valence-corrected chi connectivity index (χ0v) is 18.9. The minimum atomic E-state index is -4.53. The smallest absolute Gasteiger partial charge is 0.416 e. The minimum Gasteiger partial charge on any atom is -0.497 e. The Hall–Kier alpha value is -3.80. The first-order valence-electron chi connectivity index (χ1n) is 10.5. The van der Waals surface area contributed by atoms with Gasteiger partial charge in [-0.1, -0.05) is 18.2 Å². The number of aliphatic hydroxyl groups is 1. The van der Waals surface area contributed by atoms with Crippen LogP contribution in [0.25, 0.3) is 0 Å². The van der Waals surface area contributed by atoms with Gasteiger partial charge in [-0.15, -0.1) is 0 Å². The monoisotopic (exact) mass is 495 g/mol. The molecule has 0 radical (unpaired) electrons. The van der Waals surface area contributed by atoms with Gasteiger partial charge in [-0.25, -0.2) is 4.79 Å². The van der Waals surface area contributed by atoms with E-state index in [1.807, 2.05) is 0 Å². The van der Waals surface area contributed by atoms with Crippen LogP contribution < -0.4 is 20.1 Å². The molecule has 4 amide bonds. The summed E-state index contributed by atoms with van der Waals surface area (Å²) < 4.78 is 48.5. The number of amides is 4. The number of carbonyl (C=O) groups excluding carboxylic acids is 3. The van der Waals surface area contributed by atoms with Crippen LogP contribution in [0, 0.1) is 0 Å². The van der Waals surface area contributed by atoms with Gasteiger partial charge in [0.05, 0.1) is 12.7 Å². The van der Waals surface area contributed by atoms with Gasteiger partial charge in [0, 0.05) is 6.54 Å². The van der Waals surface area contributed by atoms with Crippen molar-refractivity contribution < 1.29 is 42.1 Å². The van der Waals surface area contributed by atoms with Crippen molar-refractivity contribution in [1.82, 2.24) is 15.5 Å². The molecule has 1 aliphatic heterocycles. The topological polar surface area (TPSA) is 117 Å². The van der Waals surface area contributed by atoms with Crippen molar-refractivity contribution in [3.8, 4) is 11.5 Å². The Kier molecular flexibility index (Phi) is 7.54. The lowest BCUT2D eigenvalue weighted by atomic mass is 9.92. The van der Waals surface area contributed by atoms with E-state index < -0.39 is 47.8 Å². The van der Waals surface area contributed by atoms with Gasteiger partial charge in [-0.05, 0) is 42.8 Å². The molecular weight excluding hydrogens is 471 g/mol. The second kappa shape index (κ2) is 10.2. The highest BCUT2D eigenvalue weighted by Crippen LogP contribution is 2.31. The van der Waals surface area contributed by atoms with Crippen LogP contribution in [0.5, 0.6) is 11.5 Å². The number of hydrogen-bond donors (Lipinski definition) is 3. The highest BCUT2D eigenvalue weighted by atomic mass is 19.4. The van der Waals surface area contributed by atoms with E-state index in [0.717, 1.165) is 17.0 Å². The van der Waals surface area contributed by atoms with E-state index in [4.69, 9.17) is 9.47 Å². The molecular formula is C23H24F3N3O6. The summed E-state index contributed by atoms with van der Waals surface area (Å²) in [5, 5.41) is 14.9. The number of carbonyl (C=O) groups is 3. The van der Waals surface area contributed by atoms with Crippen LogP contribution in [0.15, 0.2) is 48.5 Å². The fraction of sp³-hybridized carbons (Fsp3) is 0.348. The molecule has 2 unspecified atom stereocenters. The molecule has 35 heavy (non-hydrogen) atoms. The van der Waals surface area contributed by atoms with Gasteiger partial charge in [-0.2, -0.15) is 13.2 Å². The highest BCUT2D eigenvalue weighted by Gasteiger charge is 2.49. The van der Waals surface area contributed by atoms with E-state index >= 15 is 0 Å². The molecule has 2 aromatic rings. The van der Waals surface area contributed by atoms with Crippen molar-refractivity contribution in [2.45, 2.75) is 24.7 Å². The van der Waals surface area contributed by atoms with Gasteiger partial charge in [0.15, 0.2) is 0 Å². The quantitative estimate of drug-likeness (QED) is 0.459. The summed E-state index contributed by atoms with van der Waals surface area (Å²) in [6.07, 6.45) is -5.78. The predicted molar refractivity (Wildman–Crippen MR) is 117 cm³/mol. The molecule has 1 fully saturated rings. The highest BCUT2D eigenvalue weighted by molar-refractivity contribution is 6.09. The Bertz CT molecular complexity index is 1090. The van der Waals surface area contributed by atoms with Gasteiger partial charge in [0.2, 0.25) is 5.91 Å². The zero-order chi connectivity index (χ0) is 25.8. The van der Waals surface area contributed by atoms with Crippen LogP contribution in [0.1, 0.15) is 18.1 Å². The maximum Gasteiger partial charge on any atom is 0.416 e. The van der Waals surface area contributed by atoms with Crippen LogP contribution in [-0.4, -0.2) is 60.8 Å².